The summed E-state index contributed by atoms with van der Waals surface area (Å²) in [5, 5.41) is 2.36. The van der Waals surface area contributed by atoms with Crippen LogP contribution in [0.3, 0.4) is 0 Å². The number of nitrogens with zero attached hydrogens (tertiary/aromatic N) is 1. The lowest BCUT2D eigenvalue weighted by Crippen LogP contribution is -2.08. The highest BCUT2D eigenvalue weighted by atomic mass is 16.5. The van der Waals surface area contributed by atoms with E-state index in [0.717, 1.165) is 17.1 Å². The average Bonchev–Trinajstić information content (AvgIpc) is 2.53. The minimum Gasteiger partial charge on any atom is -0.497 e. The molecule has 0 atom stereocenters. The number of methoxy groups -OCH3 is 1. The number of nitroso groups, excluding NO2 is 1. The van der Waals surface area contributed by atoms with Crippen LogP contribution < -0.4 is 15.6 Å². The first kappa shape index (κ1) is 13.5. The fourth-order valence-electron chi connectivity index (χ4n) is 1.57. The number of carbonyl (C=O) groups excluding carboxylic acids is 1. The second-order valence-electron chi connectivity index (χ2n) is 3.95. The van der Waals surface area contributed by atoms with Crippen molar-refractivity contribution >= 4 is 17.3 Å². The Labute approximate surface area is 115 Å². The van der Waals surface area contributed by atoms with Crippen molar-refractivity contribution in [3.63, 3.8) is 0 Å². The molecular formula is C14H13N3O3. The molecular weight excluding hydrogens is 258 g/mol. The molecule has 0 bridgehead atoms. The summed E-state index contributed by atoms with van der Waals surface area (Å²) in [4.78, 5) is 21.2. The van der Waals surface area contributed by atoms with Gasteiger partial charge in [0, 0.05) is 10.7 Å². The lowest BCUT2D eigenvalue weighted by molar-refractivity contribution is 0.100. The van der Waals surface area contributed by atoms with Gasteiger partial charge in [0.1, 0.15) is 5.75 Å². The summed E-state index contributed by atoms with van der Waals surface area (Å²) in [5.41, 5.74) is 7.84. The number of benzene rings is 2. The molecule has 2 rings (SSSR count). The highest BCUT2D eigenvalue weighted by Crippen LogP contribution is 2.16. The molecule has 0 aromatic heterocycles. The lowest BCUT2D eigenvalue weighted by atomic mass is 10.2. The molecule has 6 nitrogen and oxygen atoms in total. The number of anilines is 2. The van der Waals surface area contributed by atoms with Crippen LogP contribution in [0, 0.1) is 4.91 Å². The second-order valence-corrected chi connectivity index (χ2v) is 3.95. The quantitative estimate of drug-likeness (QED) is 0.645. The van der Waals surface area contributed by atoms with E-state index >= 15 is 0 Å². The zero-order chi connectivity index (χ0) is 14.4. The van der Waals surface area contributed by atoms with E-state index in [0.29, 0.717) is 0 Å². The minimum atomic E-state index is -0.778. The fraction of sp³-hybridized carbons (Fsp3) is 0.0714. The van der Waals surface area contributed by atoms with Gasteiger partial charge in [-0.2, -0.15) is 0 Å². The third kappa shape index (κ3) is 3.32. The first-order valence-electron chi connectivity index (χ1n) is 5.87. The van der Waals surface area contributed by atoms with E-state index in [4.69, 9.17) is 4.74 Å². The highest BCUT2D eigenvalue weighted by molar-refractivity contribution is 5.95. The molecule has 20 heavy (non-hydrogen) atoms. The van der Waals surface area contributed by atoms with E-state index in [1.807, 2.05) is 24.3 Å². The van der Waals surface area contributed by atoms with E-state index in [1.54, 1.807) is 19.2 Å². The molecule has 0 fully saturated rings. The van der Waals surface area contributed by atoms with Gasteiger partial charge in [0.15, 0.2) is 0 Å². The van der Waals surface area contributed by atoms with E-state index in [-0.39, 0.29) is 5.56 Å². The maximum absolute atomic E-state index is 11.0. The molecule has 2 N–H and O–H groups in total. The summed E-state index contributed by atoms with van der Waals surface area (Å²) >= 11 is 0. The summed E-state index contributed by atoms with van der Waals surface area (Å²) in [7, 11) is 1.61. The van der Waals surface area contributed by atoms with Crippen LogP contribution in [0.25, 0.3) is 0 Å². The van der Waals surface area contributed by atoms with Crippen molar-refractivity contribution in [2.75, 3.05) is 18.0 Å². The molecule has 2 aromatic carbocycles. The molecule has 0 saturated carbocycles. The van der Waals surface area contributed by atoms with Crippen LogP contribution in [0.5, 0.6) is 5.75 Å². The predicted octanol–water partition coefficient (Wildman–Crippen LogP) is 3.04. The topological polar surface area (TPSA) is 79.8 Å². The van der Waals surface area contributed by atoms with E-state index in [2.05, 4.69) is 16.0 Å². The second kappa shape index (κ2) is 6.33. The van der Waals surface area contributed by atoms with Gasteiger partial charge in [0.05, 0.1) is 18.5 Å². The van der Waals surface area contributed by atoms with E-state index < -0.39 is 5.91 Å². The number of nitrogens with one attached hydrogen (secondary N) is 2. The molecule has 0 saturated heterocycles. The molecule has 0 aliphatic carbocycles. The third-order valence-corrected chi connectivity index (χ3v) is 2.66. The van der Waals surface area contributed by atoms with Crippen LogP contribution in [0.2, 0.25) is 0 Å². The van der Waals surface area contributed by atoms with Crippen molar-refractivity contribution in [2.45, 2.75) is 0 Å². The van der Waals surface area contributed by atoms with Gasteiger partial charge in [-0.15, -0.1) is 4.91 Å². The van der Waals surface area contributed by atoms with Gasteiger partial charge in [0.25, 0.3) is 0 Å². The molecule has 0 aliphatic heterocycles. The number of amides is 1. The Kier molecular flexibility index (Phi) is 4.28. The number of ether oxygens (including phenoxy) is 1. The SMILES string of the molecule is COc1ccc(NNc2ccc(C(=O)N=O)cc2)cc1. The Morgan fingerprint density at radius 2 is 1.45 bits per heavy atom. The number of hydrogen-bond donors (Lipinski definition) is 2. The smallest absolute Gasteiger partial charge is 0.316 e. The van der Waals surface area contributed by atoms with E-state index in [1.165, 1.54) is 12.1 Å². The van der Waals surface area contributed by atoms with Crippen molar-refractivity contribution in [1.82, 2.24) is 0 Å². The highest BCUT2D eigenvalue weighted by Gasteiger charge is 2.04. The predicted molar refractivity (Wildman–Crippen MR) is 76.8 cm³/mol. The van der Waals surface area contributed by atoms with Gasteiger partial charge in [0.2, 0.25) is 0 Å². The largest absolute Gasteiger partial charge is 0.497 e. The zero-order valence-corrected chi connectivity index (χ0v) is 10.8. The molecule has 2 aromatic rings. The van der Waals surface area contributed by atoms with Crippen LogP contribution >= 0.6 is 0 Å². The Morgan fingerprint density at radius 1 is 0.950 bits per heavy atom. The number of rotatable bonds is 5. The molecule has 0 heterocycles. The van der Waals surface area contributed by atoms with Crippen molar-refractivity contribution in [3.8, 4) is 5.75 Å². The molecule has 1 amide bonds. The molecule has 0 aliphatic rings. The molecule has 0 unspecified atom stereocenters. The minimum absolute atomic E-state index is 0.259. The Morgan fingerprint density at radius 3 is 1.90 bits per heavy atom. The van der Waals surface area contributed by atoms with Gasteiger partial charge < -0.3 is 15.6 Å². The summed E-state index contributed by atoms with van der Waals surface area (Å²) in [6.07, 6.45) is 0. The summed E-state index contributed by atoms with van der Waals surface area (Å²) < 4.78 is 5.06. The fourth-order valence-corrected chi connectivity index (χ4v) is 1.57. The van der Waals surface area contributed by atoms with Gasteiger partial charge >= 0.3 is 5.91 Å². The summed E-state index contributed by atoms with van der Waals surface area (Å²) in [6, 6.07) is 13.8. The molecule has 6 heteroatoms. The van der Waals surface area contributed by atoms with Crippen LogP contribution in [-0.2, 0) is 0 Å². The van der Waals surface area contributed by atoms with E-state index in [9.17, 15) is 9.70 Å². The first-order chi connectivity index (χ1) is 9.72. The number of hydrazine groups is 1. The number of hydrogen-bond acceptors (Lipinski definition) is 5. The first-order valence-corrected chi connectivity index (χ1v) is 5.87. The Balaban J connectivity index is 1.96. The van der Waals surface area contributed by atoms with Gasteiger partial charge in [-0.25, -0.2) is 0 Å². The number of carbonyl (C=O) groups is 1. The van der Waals surface area contributed by atoms with Gasteiger partial charge in [-0.1, -0.05) is 0 Å². The summed E-state index contributed by atoms with van der Waals surface area (Å²) in [5.74, 6) is -0.000517. The maximum atomic E-state index is 11.0. The molecule has 0 radical (unpaired) electrons. The van der Waals surface area contributed by atoms with Gasteiger partial charge in [-0.3, -0.25) is 4.79 Å². The molecule has 102 valence electrons. The van der Waals surface area contributed by atoms with Crippen LogP contribution in [0.4, 0.5) is 11.4 Å². The van der Waals surface area contributed by atoms with Crippen molar-refractivity contribution in [3.05, 3.63) is 59.0 Å². The maximum Gasteiger partial charge on any atom is 0.316 e. The Bertz CT molecular complexity index is 594. The third-order valence-electron chi connectivity index (χ3n) is 2.66. The molecule has 0 spiro atoms. The van der Waals surface area contributed by atoms with Crippen molar-refractivity contribution in [2.24, 2.45) is 5.18 Å². The van der Waals surface area contributed by atoms with Crippen LogP contribution in [0.15, 0.2) is 53.7 Å². The van der Waals surface area contributed by atoms with Crippen molar-refractivity contribution in [1.29, 1.82) is 0 Å². The Hall–Kier alpha value is -2.89. The average molecular weight is 271 g/mol. The van der Waals surface area contributed by atoms with Crippen LogP contribution in [-0.4, -0.2) is 13.0 Å². The summed E-state index contributed by atoms with van der Waals surface area (Å²) in [6.45, 7) is 0. The zero-order valence-electron chi connectivity index (χ0n) is 10.8. The van der Waals surface area contributed by atoms with Crippen molar-refractivity contribution < 1.29 is 9.53 Å². The lowest BCUT2D eigenvalue weighted by Gasteiger charge is -2.10. The monoisotopic (exact) mass is 271 g/mol. The standard InChI is InChI=1S/C14H13N3O3/c1-20-13-8-6-12(7-9-13)16-15-11-4-2-10(3-5-11)14(18)17-19/h2-9,15-16H,1H3. The van der Waals surface area contributed by atoms with Crippen LogP contribution in [0.1, 0.15) is 10.4 Å². The van der Waals surface area contributed by atoms with Gasteiger partial charge in [-0.05, 0) is 48.5 Å². The normalized spacial score (nSPS) is 9.65.